The SMILES string of the molecule is Nc1ccc(Oc2ccc(Oc3ccccc3)c(P3(=O)Oc4ccccc4-c4ccccc43)c2)cc1. The predicted molar refractivity (Wildman–Crippen MR) is 143 cm³/mol. The molecule has 1 aliphatic heterocycles. The summed E-state index contributed by atoms with van der Waals surface area (Å²) >= 11 is 0. The predicted octanol–water partition coefficient (Wildman–Crippen LogP) is 7.14. The topological polar surface area (TPSA) is 70.8 Å². The Labute approximate surface area is 209 Å². The number of para-hydroxylation sites is 2. The zero-order valence-corrected chi connectivity index (χ0v) is 20.1. The molecule has 176 valence electrons. The van der Waals surface area contributed by atoms with Crippen molar-refractivity contribution < 1.29 is 18.6 Å². The van der Waals surface area contributed by atoms with Crippen LogP contribution in [0.25, 0.3) is 11.1 Å². The Balaban J connectivity index is 1.51. The summed E-state index contributed by atoms with van der Waals surface area (Å²) in [5.74, 6) is 2.74. The van der Waals surface area contributed by atoms with E-state index in [1.54, 1.807) is 42.5 Å². The van der Waals surface area contributed by atoms with E-state index in [9.17, 15) is 4.57 Å². The number of rotatable bonds is 5. The van der Waals surface area contributed by atoms with Gasteiger partial charge in [-0.15, -0.1) is 0 Å². The first-order valence-corrected chi connectivity index (χ1v) is 13.1. The molecule has 5 nitrogen and oxygen atoms in total. The van der Waals surface area contributed by atoms with Crippen LogP contribution in [0.2, 0.25) is 0 Å². The molecule has 1 heterocycles. The van der Waals surface area contributed by atoms with Crippen LogP contribution in [-0.4, -0.2) is 0 Å². The molecule has 6 heteroatoms. The minimum absolute atomic E-state index is 0.418. The third-order valence-corrected chi connectivity index (χ3v) is 8.42. The van der Waals surface area contributed by atoms with Crippen LogP contribution in [0.5, 0.6) is 28.7 Å². The Bertz CT molecular complexity index is 1600. The van der Waals surface area contributed by atoms with Gasteiger partial charge in [-0.25, -0.2) is 0 Å². The number of anilines is 1. The van der Waals surface area contributed by atoms with E-state index < -0.39 is 7.37 Å². The maximum atomic E-state index is 14.9. The molecule has 0 saturated carbocycles. The third-order valence-electron chi connectivity index (χ3n) is 5.96. The lowest BCUT2D eigenvalue weighted by Crippen LogP contribution is -2.26. The Morgan fingerprint density at radius 3 is 2.03 bits per heavy atom. The lowest BCUT2D eigenvalue weighted by molar-refractivity contribution is 0.467. The summed E-state index contributed by atoms with van der Waals surface area (Å²) in [5, 5.41) is 1.03. The molecular weight excluding hydrogens is 469 g/mol. The van der Waals surface area contributed by atoms with E-state index in [2.05, 4.69) is 0 Å². The summed E-state index contributed by atoms with van der Waals surface area (Å²) in [4.78, 5) is 0. The summed E-state index contributed by atoms with van der Waals surface area (Å²) < 4.78 is 33.6. The first kappa shape index (κ1) is 22.0. The Morgan fingerprint density at radius 1 is 0.583 bits per heavy atom. The molecule has 0 fully saturated rings. The molecule has 0 aromatic heterocycles. The summed E-state index contributed by atoms with van der Waals surface area (Å²) in [7, 11) is -3.63. The van der Waals surface area contributed by atoms with Crippen molar-refractivity contribution in [2.45, 2.75) is 0 Å². The highest BCUT2D eigenvalue weighted by Crippen LogP contribution is 2.55. The van der Waals surface area contributed by atoms with E-state index >= 15 is 0 Å². The van der Waals surface area contributed by atoms with Crippen LogP contribution in [0.1, 0.15) is 0 Å². The highest BCUT2D eigenvalue weighted by atomic mass is 31.2. The minimum Gasteiger partial charge on any atom is -0.457 e. The number of nitrogen functional groups attached to an aromatic ring is 1. The molecule has 1 unspecified atom stereocenters. The van der Waals surface area contributed by atoms with Gasteiger partial charge in [-0.2, -0.15) is 0 Å². The fraction of sp³-hybridized carbons (Fsp3) is 0. The summed E-state index contributed by atoms with van der Waals surface area (Å²) in [6.45, 7) is 0. The van der Waals surface area contributed by atoms with Crippen molar-refractivity contribution in [3.63, 3.8) is 0 Å². The van der Waals surface area contributed by atoms with E-state index in [0.29, 0.717) is 45.0 Å². The number of benzene rings is 5. The zero-order chi connectivity index (χ0) is 24.5. The number of hydrogen-bond acceptors (Lipinski definition) is 5. The number of nitrogens with two attached hydrogens (primary N) is 1. The van der Waals surface area contributed by atoms with E-state index in [0.717, 1.165) is 11.1 Å². The molecule has 0 spiro atoms. The van der Waals surface area contributed by atoms with Crippen molar-refractivity contribution in [1.82, 2.24) is 0 Å². The molecule has 5 aromatic carbocycles. The van der Waals surface area contributed by atoms with Gasteiger partial charge in [0.05, 0.1) is 10.6 Å². The average molecular weight is 491 g/mol. The lowest BCUT2D eigenvalue weighted by atomic mass is 10.0. The Morgan fingerprint density at radius 2 is 1.22 bits per heavy atom. The maximum absolute atomic E-state index is 14.9. The van der Waals surface area contributed by atoms with Gasteiger partial charge >= 0.3 is 7.37 Å². The van der Waals surface area contributed by atoms with Gasteiger partial charge in [-0.05, 0) is 72.3 Å². The standard InChI is InChI=1S/C30H22NO4P/c31-21-14-16-23(17-15-21)33-24-18-19-28(34-22-8-2-1-3-9-22)30(20-24)36(32)29-13-7-5-11-26(29)25-10-4-6-12-27(25)35-36/h1-20H,31H2. The Kier molecular flexibility index (Phi) is 5.48. The van der Waals surface area contributed by atoms with E-state index in [-0.39, 0.29) is 0 Å². The molecule has 0 aliphatic carbocycles. The molecule has 0 bridgehead atoms. The van der Waals surface area contributed by atoms with Gasteiger partial charge in [0.15, 0.2) is 0 Å². The van der Waals surface area contributed by atoms with Crippen LogP contribution in [0.4, 0.5) is 5.69 Å². The molecule has 0 saturated heterocycles. The summed E-state index contributed by atoms with van der Waals surface area (Å²) in [5.41, 5.74) is 8.23. The van der Waals surface area contributed by atoms with Crippen molar-refractivity contribution in [3.05, 3.63) is 121 Å². The first-order valence-electron chi connectivity index (χ1n) is 11.5. The second-order valence-corrected chi connectivity index (χ2v) is 10.6. The molecule has 1 aliphatic rings. The third kappa shape index (κ3) is 4.00. The van der Waals surface area contributed by atoms with Crippen LogP contribution in [-0.2, 0) is 4.57 Å². The largest absolute Gasteiger partial charge is 0.457 e. The van der Waals surface area contributed by atoms with Gasteiger partial charge in [-0.1, -0.05) is 54.6 Å². The van der Waals surface area contributed by atoms with Crippen molar-refractivity contribution in [1.29, 1.82) is 0 Å². The summed E-state index contributed by atoms with van der Waals surface area (Å²) in [6, 6.07) is 37.0. The average Bonchev–Trinajstić information content (AvgIpc) is 2.92. The first-order chi connectivity index (χ1) is 17.6. The van der Waals surface area contributed by atoms with E-state index in [1.165, 1.54) is 0 Å². The van der Waals surface area contributed by atoms with Crippen LogP contribution < -0.4 is 30.3 Å². The second-order valence-electron chi connectivity index (χ2n) is 8.37. The number of hydrogen-bond donors (Lipinski definition) is 1. The van der Waals surface area contributed by atoms with Gasteiger partial charge in [0.25, 0.3) is 0 Å². The smallest absolute Gasteiger partial charge is 0.311 e. The quantitative estimate of drug-likeness (QED) is 0.209. The van der Waals surface area contributed by atoms with Crippen molar-refractivity contribution in [2.75, 3.05) is 5.73 Å². The molecule has 1 atom stereocenters. The van der Waals surface area contributed by atoms with Gasteiger partial charge in [0.2, 0.25) is 0 Å². The van der Waals surface area contributed by atoms with Crippen LogP contribution in [0.3, 0.4) is 0 Å². The van der Waals surface area contributed by atoms with Crippen LogP contribution >= 0.6 is 7.37 Å². The molecule has 6 rings (SSSR count). The van der Waals surface area contributed by atoms with Gasteiger partial charge in [0.1, 0.15) is 28.7 Å². The number of fused-ring (bicyclic) bond motifs is 3. The van der Waals surface area contributed by atoms with Gasteiger partial charge in [-0.3, -0.25) is 4.57 Å². The van der Waals surface area contributed by atoms with Crippen LogP contribution in [0, 0.1) is 0 Å². The highest BCUT2D eigenvalue weighted by Gasteiger charge is 2.40. The molecular formula is C30H22NO4P. The normalized spacial score (nSPS) is 15.8. The fourth-order valence-corrected chi connectivity index (χ4v) is 6.65. The van der Waals surface area contributed by atoms with E-state index in [4.69, 9.17) is 19.7 Å². The zero-order valence-electron chi connectivity index (χ0n) is 19.2. The molecule has 2 N–H and O–H groups in total. The van der Waals surface area contributed by atoms with Gasteiger partial charge < -0.3 is 19.7 Å². The number of ether oxygens (including phenoxy) is 2. The fourth-order valence-electron chi connectivity index (χ4n) is 4.26. The maximum Gasteiger partial charge on any atom is 0.311 e. The van der Waals surface area contributed by atoms with Crippen molar-refractivity contribution in [3.8, 4) is 39.9 Å². The second kappa shape index (κ2) is 8.95. The molecule has 5 aromatic rings. The Hall–Kier alpha value is -4.47. The van der Waals surface area contributed by atoms with Crippen molar-refractivity contribution in [2.24, 2.45) is 0 Å². The van der Waals surface area contributed by atoms with Crippen LogP contribution in [0.15, 0.2) is 121 Å². The van der Waals surface area contributed by atoms with Crippen molar-refractivity contribution >= 4 is 23.7 Å². The molecule has 0 amide bonds. The minimum atomic E-state index is -3.63. The summed E-state index contributed by atoms with van der Waals surface area (Å²) in [6.07, 6.45) is 0. The monoisotopic (exact) mass is 491 g/mol. The van der Waals surface area contributed by atoms with Gasteiger partial charge in [0, 0.05) is 11.3 Å². The van der Waals surface area contributed by atoms with E-state index in [1.807, 2.05) is 78.9 Å². The molecule has 0 radical (unpaired) electrons. The lowest BCUT2D eigenvalue weighted by Gasteiger charge is -2.30. The molecule has 36 heavy (non-hydrogen) atoms. The highest BCUT2D eigenvalue weighted by molar-refractivity contribution is 7.75.